The fraction of sp³-hybridized carbons (Fsp3) is 0.281. The van der Waals surface area contributed by atoms with Crippen molar-refractivity contribution in [3.63, 3.8) is 0 Å². The topological polar surface area (TPSA) is 110 Å². The first-order valence-corrected chi connectivity index (χ1v) is 13.8. The van der Waals surface area contributed by atoms with Crippen molar-refractivity contribution in [3.8, 4) is 34.5 Å². The van der Waals surface area contributed by atoms with Crippen molar-refractivity contribution < 1.29 is 19.0 Å². The van der Waals surface area contributed by atoms with E-state index in [0.29, 0.717) is 42.5 Å². The van der Waals surface area contributed by atoms with Gasteiger partial charge in [-0.2, -0.15) is 0 Å². The number of amides is 1. The number of nitrogens with zero attached hydrogens (tertiary/aromatic N) is 5. The Morgan fingerprint density at radius 2 is 1.95 bits per heavy atom. The first kappa shape index (κ1) is 27.4. The molecule has 3 N–H and O–H groups in total. The highest BCUT2D eigenvalue weighted by Crippen LogP contribution is 2.37. The molecule has 2 atom stereocenters. The number of fused-ring (bicyclic) bond motifs is 1. The number of ether oxygens (including phenoxy) is 1. The van der Waals surface area contributed by atoms with Gasteiger partial charge in [0, 0.05) is 56.8 Å². The molecule has 2 fully saturated rings. The average Bonchev–Trinajstić information content (AvgIpc) is 3.25. The van der Waals surface area contributed by atoms with Gasteiger partial charge < -0.3 is 25.0 Å². The van der Waals surface area contributed by atoms with Crippen LogP contribution in [0.15, 0.2) is 67.5 Å². The highest BCUT2D eigenvalue weighted by molar-refractivity contribution is 6.03. The highest BCUT2D eigenvalue weighted by Gasteiger charge is 2.38. The summed E-state index contributed by atoms with van der Waals surface area (Å²) in [7, 11) is 1.91. The zero-order valence-corrected chi connectivity index (χ0v) is 23.2. The van der Waals surface area contributed by atoms with Crippen molar-refractivity contribution in [2.75, 3.05) is 31.9 Å². The number of benzene rings is 2. The molecule has 6 rings (SSSR count). The normalized spacial score (nSPS) is 19.2. The minimum Gasteiger partial charge on any atom is -0.457 e. The van der Waals surface area contributed by atoms with Crippen LogP contribution in [0.25, 0.3) is 22.2 Å². The summed E-state index contributed by atoms with van der Waals surface area (Å²) in [5.41, 5.74) is 9.49. The summed E-state index contributed by atoms with van der Waals surface area (Å²) in [6.07, 6.45) is 2.84. The second-order valence-corrected chi connectivity index (χ2v) is 10.7. The van der Waals surface area contributed by atoms with E-state index >= 15 is 0 Å². The number of aliphatic hydroxyl groups is 1. The van der Waals surface area contributed by atoms with E-state index in [4.69, 9.17) is 10.5 Å². The SMILES string of the molecule is C=CC(=O)N1CC[C@@H](N2CC(C#Cc3c(-c4ccc(Oc5cccc(F)c5)cc4)c4c(N)ncnc4n3C)C2)[C@@H](O)C1. The molecule has 0 saturated carbocycles. The number of likely N-dealkylation sites (tertiary alicyclic amines) is 2. The summed E-state index contributed by atoms with van der Waals surface area (Å²) in [4.78, 5) is 24.5. The van der Waals surface area contributed by atoms with Crippen LogP contribution in [-0.2, 0) is 11.8 Å². The standard InChI is InChI=1S/C32H31FN6O3/c1-3-28(41)38-14-13-25(27(40)18-38)39-16-20(17-39)7-12-26-29(30-31(34)35-19-36-32(30)37(26)2)21-8-10-23(11-9-21)42-24-6-4-5-22(33)15-24/h3-6,8-11,15,19-20,25,27,40H,1,13-14,16-18H2,2H3,(H2,34,35,36)/t25-,27+/m1/s1. The number of nitrogens with two attached hydrogens (primary N) is 1. The van der Waals surface area contributed by atoms with Crippen LogP contribution in [0.2, 0.25) is 0 Å². The predicted octanol–water partition coefficient (Wildman–Crippen LogP) is 3.58. The number of halogens is 1. The highest BCUT2D eigenvalue weighted by atomic mass is 19.1. The van der Waals surface area contributed by atoms with Gasteiger partial charge in [0.15, 0.2) is 0 Å². The van der Waals surface area contributed by atoms with Crippen LogP contribution >= 0.6 is 0 Å². The van der Waals surface area contributed by atoms with Gasteiger partial charge in [0.25, 0.3) is 0 Å². The monoisotopic (exact) mass is 566 g/mol. The van der Waals surface area contributed by atoms with Gasteiger partial charge in [-0.15, -0.1) is 0 Å². The number of aromatic nitrogens is 3. The van der Waals surface area contributed by atoms with Gasteiger partial charge >= 0.3 is 0 Å². The molecular weight excluding hydrogens is 535 g/mol. The van der Waals surface area contributed by atoms with E-state index in [0.717, 1.165) is 35.3 Å². The summed E-state index contributed by atoms with van der Waals surface area (Å²) in [5, 5.41) is 11.4. The van der Waals surface area contributed by atoms with Crippen LogP contribution in [0.5, 0.6) is 11.5 Å². The van der Waals surface area contributed by atoms with Crippen molar-refractivity contribution in [2.24, 2.45) is 13.0 Å². The van der Waals surface area contributed by atoms with Crippen molar-refractivity contribution in [2.45, 2.75) is 18.6 Å². The number of carbonyl (C=O) groups is 1. The van der Waals surface area contributed by atoms with E-state index < -0.39 is 6.10 Å². The maximum Gasteiger partial charge on any atom is 0.246 e. The summed E-state index contributed by atoms with van der Waals surface area (Å²) < 4.78 is 21.3. The molecule has 2 aromatic heterocycles. The smallest absolute Gasteiger partial charge is 0.246 e. The number of piperidine rings is 1. The molecule has 2 aromatic carbocycles. The largest absolute Gasteiger partial charge is 0.457 e. The van der Waals surface area contributed by atoms with Crippen LogP contribution in [0.4, 0.5) is 10.2 Å². The lowest BCUT2D eigenvalue weighted by Gasteiger charge is -2.47. The van der Waals surface area contributed by atoms with E-state index in [-0.39, 0.29) is 23.7 Å². The molecule has 2 aliphatic heterocycles. The third-order valence-electron chi connectivity index (χ3n) is 7.98. The summed E-state index contributed by atoms with van der Waals surface area (Å²) in [5.74, 6) is 7.77. The zero-order chi connectivity index (χ0) is 29.4. The predicted molar refractivity (Wildman–Crippen MR) is 158 cm³/mol. The Labute approximate surface area is 243 Å². The molecule has 214 valence electrons. The Morgan fingerprint density at radius 1 is 1.17 bits per heavy atom. The number of hydrogen-bond acceptors (Lipinski definition) is 7. The molecule has 42 heavy (non-hydrogen) atoms. The molecule has 10 heteroatoms. The lowest BCUT2D eigenvalue weighted by Crippen LogP contribution is -2.61. The third-order valence-corrected chi connectivity index (χ3v) is 7.98. The van der Waals surface area contributed by atoms with E-state index in [1.165, 1.54) is 24.5 Å². The van der Waals surface area contributed by atoms with Gasteiger partial charge in [0.1, 0.15) is 40.8 Å². The van der Waals surface area contributed by atoms with Gasteiger partial charge in [-0.25, -0.2) is 14.4 Å². The Balaban J connectivity index is 1.23. The van der Waals surface area contributed by atoms with Crippen LogP contribution in [-0.4, -0.2) is 73.7 Å². The summed E-state index contributed by atoms with van der Waals surface area (Å²) in [6, 6.07) is 13.5. The number of nitrogen functional groups attached to an aromatic ring is 1. The van der Waals surface area contributed by atoms with Crippen LogP contribution in [0, 0.1) is 23.6 Å². The molecule has 9 nitrogen and oxygen atoms in total. The quantitative estimate of drug-likeness (QED) is 0.281. The Morgan fingerprint density at radius 3 is 2.67 bits per heavy atom. The molecular formula is C32H31FN6O3. The van der Waals surface area contributed by atoms with Crippen LogP contribution in [0.1, 0.15) is 12.1 Å². The molecule has 0 aliphatic carbocycles. The molecule has 1 amide bonds. The van der Waals surface area contributed by atoms with Gasteiger partial charge in [0.2, 0.25) is 5.91 Å². The zero-order valence-electron chi connectivity index (χ0n) is 23.2. The number of aliphatic hydroxyl groups excluding tert-OH is 1. The lowest BCUT2D eigenvalue weighted by atomic mass is 9.91. The van der Waals surface area contributed by atoms with Gasteiger partial charge in [-0.05, 0) is 48.2 Å². The summed E-state index contributed by atoms with van der Waals surface area (Å²) >= 11 is 0. The fourth-order valence-electron chi connectivity index (χ4n) is 5.78. The number of anilines is 1. The van der Waals surface area contributed by atoms with E-state index in [1.54, 1.807) is 17.0 Å². The van der Waals surface area contributed by atoms with Gasteiger partial charge in [-0.3, -0.25) is 9.69 Å². The maximum atomic E-state index is 13.6. The number of carbonyl (C=O) groups excluding carboxylic acids is 1. The van der Waals surface area contributed by atoms with Crippen molar-refractivity contribution in [1.82, 2.24) is 24.3 Å². The van der Waals surface area contributed by atoms with Crippen molar-refractivity contribution >= 4 is 22.8 Å². The van der Waals surface area contributed by atoms with E-state index in [9.17, 15) is 14.3 Å². The fourth-order valence-corrected chi connectivity index (χ4v) is 5.78. The first-order chi connectivity index (χ1) is 20.3. The second-order valence-electron chi connectivity index (χ2n) is 10.7. The number of β-amino-alcohol motifs (C(OH)–C–C–N with tert-alkyl or cyclic N) is 1. The molecule has 4 heterocycles. The molecule has 0 unspecified atom stereocenters. The number of hydrogen-bond donors (Lipinski definition) is 2. The second kappa shape index (κ2) is 11.3. The third kappa shape index (κ3) is 5.20. The van der Waals surface area contributed by atoms with E-state index in [1.807, 2.05) is 35.9 Å². The van der Waals surface area contributed by atoms with Crippen LogP contribution in [0.3, 0.4) is 0 Å². The van der Waals surface area contributed by atoms with Gasteiger partial charge in [0.05, 0.1) is 11.5 Å². The number of rotatable bonds is 5. The first-order valence-electron chi connectivity index (χ1n) is 13.8. The molecule has 2 aliphatic rings. The molecule has 2 saturated heterocycles. The molecule has 0 spiro atoms. The Kier molecular flexibility index (Phi) is 7.37. The van der Waals surface area contributed by atoms with Crippen LogP contribution < -0.4 is 10.5 Å². The molecule has 0 radical (unpaired) electrons. The summed E-state index contributed by atoms with van der Waals surface area (Å²) in [6.45, 7) is 5.95. The average molecular weight is 567 g/mol. The minimum atomic E-state index is -0.601. The Hall–Kier alpha value is -4.72. The number of aryl methyl sites for hydroxylation is 1. The molecule has 0 bridgehead atoms. The van der Waals surface area contributed by atoms with E-state index in [2.05, 4.69) is 33.3 Å². The lowest BCUT2D eigenvalue weighted by molar-refractivity contribution is -0.132. The van der Waals surface area contributed by atoms with Crippen molar-refractivity contribution in [1.29, 1.82) is 0 Å². The minimum absolute atomic E-state index is 0.00767. The molecule has 4 aromatic rings. The van der Waals surface area contributed by atoms with Crippen molar-refractivity contribution in [3.05, 3.63) is 79.0 Å². The maximum absolute atomic E-state index is 13.6. The van der Waals surface area contributed by atoms with Gasteiger partial charge in [-0.1, -0.05) is 30.7 Å². The Bertz CT molecular complexity index is 1720.